The molecule has 25 heavy (non-hydrogen) atoms. The van der Waals surface area contributed by atoms with Crippen LogP contribution in [-0.4, -0.2) is 43.7 Å². The Hall–Kier alpha value is -1.89. The number of hydrogen-bond acceptors (Lipinski definition) is 5. The number of thioether (sulfide) groups is 1. The Bertz CT molecular complexity index is 679. The summed E-state index contributed by atoms with van der Waals surface area (Å²) in [5.74, 6) is 1.76. The van der Waals surface area contributed by atoms with Gasteiger partial charge in [0.1, 0.15) is 5.82 Å². The predicted molar refractivity (Wildman–Crippen MR) is 99.8 cm³/mol. The van der Waals surface area contributed by atoms with Gasteiger partial charge in [0.2, 0.25) is 0 Å². The van der Waals surface area contributed by atoms with Gasteiger partial charge in [0.15, 0.2) is 0 Å². The lowest BCUT2D eigenvalue weighted by Crippen LogP contribution is -2.26. The Balaban J connectivity index is 1.42. The van der Waals surface area contributed by atoms with Crippen LogP contribution in [0.15, 0.2) is 24.3 Å². The van der Waals surface area contributed by atoms with Gasteiger partial charge >= 0.3 is 0 Å². The number of aryl methyl sites for hydroxylation is 1. The molecule has 0 saturated heterocycles. The molecule has 1 N–H and O–H groups in total. The zero-order valence-corrected chi connectivity index (χ0v) is 15.5. The summed E-state index contributed by atoms with van der Waals surface area (Å²) in [4.78, 5) is 12.2. The van der Waals surface area contributed by atoms with E-state index in [2.05, 4.69) is 20.8 Å². The fourth-order valence-electron chi connectivity index (χ4n) is 3.05. The molecule has 2 aromatic rings. The summed E-state index contributed by atoms with van der Waals surface area (Å²) in [6.07, 6.45) is 6.78. The van der Waals surface area contributed by atoms with Crippen molar-refractivity contribution in [3.05, 3.63) is 41.2 Å². The van der Waals surface area contributed by atoms with E-state index in [0.29, 0.717) is 12.1 Å². The number of carbonyl (C=O) groups is 1. The van der Waals surface area contributed by atoms with Gasteiger partial charge in [-0.05, 0) is 47.9 Å². The van der Waals surface area contributed by atoms with E-state index >= 15 is 0 Å². The molecule has 1 aliphatic carbocycles. The number of nitrogens with one attached hydrogen (secondary N) is 1. The highest BCUT2D eigenvalue weighted by atomic mass is 32.2. The zero-order valence-electron chi connectivity index (χ0n) is 14.6. The smallest absolute Gasteiger partial charge is 0.251 e. The number of amides is 1. The van der Waals surface area contributed by atoms with Crippen LogP contribution in [0.3, 0.4) is 0 Å². The first-order chi connectivity index (χ1) is 12.2. The van der Waals surface area contributed by atoms with E-state index in [1.165, 1.54) is 32.1 Å². The Morgan fingerprint density at radius 2 is 2.00 bits per heavy atom. The summed E-state index contributed by atoms with van der Waals surface area (Å²) >= 11 is 2.00. The van der Waals surface area contributed by atoms with Crippen LogP contribution in [0.2, 0.25) is 0 Å². The zero-order chi connectivity index (χ0) is 17.5. The minimum atomic E-state index is -0.00519. The van der Waals surface area contributed by atoms with Crippen LogP contribution in [0.1, 0.15) is 53.8 Å². The van der Waals surface area contributed by atoms with Gasteiger partial charge in [0.25, 0.3) is 5.91 Å². The lowest BCUT2D eigenvalue weighted by atomic mass is 10.0. The predicted octanol–water partition coefficient (Wildman–Crippen LogP) is 2.83. The lowest BCUT2D eigenvalue weighted by Gasteiger charge is -2.20. The van der Waals surface area contributed by atoms with E-state index in [1.807, 2.05) is 43.0 Å². The maximum absolute atomic E-state index is 12.2. The second-order valence-corrected chi connectivity index (χ2v) is 7.88. The van der Waals surface area contributed by atoms with Gasteiger partial charge in [-0.3, -0.25) is 4.79 Å². The Morgan fingerprint density at radius 3 is 2.68 bits per heavy atom. The number of benzene rings is 1. The number of rotatable bonds is 7. The van der Waals surface area contributed by atoms with Gasteiger partial charge in [-0.1, -0.05) is 31.4 Å². The van der Waals surface area contributed by atoms with Crippen LogP contribution >= 0.6 is 11.8 Å². The van der Waals surface area contributed by atoms with E-state index in [4.69, 9.17) is 0 Å². The molecule has 0 radical (unpaired) electrons. The molecular formula is C18H25N5OS. The van der Waals surface area contributed by atoms with Gasteiger partial charge < -0.3 is 5.32 Å². The van der Waals surface area contributed by atoms with Gasteiger partial charge in [0, 0.05) is 23.1 Å². The van der Waals surface area contributed by atoms with Crippen molar-refractivity contribution in [2.24, 2.45) is 0 Å². The summed E-state index contributed by atoms with van der Waals surface area (Å²) < 4.78 is 1.73. The first kappa shape index (κ1) is 17.9. The van der Waals surface area contributed by atoms with Crippen molar-refractivity contribution in [2.45, 2.75) is 50.8 Å². The molecule has 1 heterocycles. The van der Waals surface area contributed by atoms with Gasteiger partial charge in [-0.25, -0.2) is 4.68 Å². The summed E-state index contributed by atoms with van der Waals surface area (Å²) in [5.41, 5.74) is 1.76. The minimum Gasteiger partial charge on any atom is -0.351 e. The highest BCUT2D eigenvalue weighted by Crippen LogP contribution is 2.27. The van der Waals surface area contributed by atoms with Gasteiger partial charge in [0.05, 0.1) is 6.54 Å². The largest absolute Gasteiger partial charge is 0.351 e. The average molecular weight is 359 g/mol. The van der Waals surface area contributed by atoms with Crippen molar-refractivity contribution >= 4 is 17.7 Å². The van der Waals surface area contributed by atoms with E-state index in [1.54, 1.807) is 4.68 Å². The number of aromatic nitrogens is 4. The van der Waals surface area contributed by atoms with Crippen molar-refractivity contribution in [1.82, 2.24) is 25.5 Å². The highest BCUT2D eigenvalue weighted by Gasteiger charge is 2.13. The highest BCUT2D eigenvalue weighted by molar-refractivity contribution is 7.99. The fourth-order valence-corrected chi connectivity index (χ4v) is 4.27. The van der Waals surface area contributed by atoms with Crippen LogP contribution in [0.5, 0.6) is 0 Å². The second-order valence-electron chi connectivity index (χ2n) is 6.47. The molecule has 0 spiro atoms. The van der Waals surface area contributed by atoms with E-state index < -0.39 is 0 Å². The van der Waals surface area contributed by atoms with E-state index in [0.717, 1.165) is 28.9 Å². The molecule has 1 fully saturated rings. The summed E-state index contributed by atoms with van der Waals surface area (Å²) in [6.45, 7) is 3.21. The number of hydrogen-bond donors (Lipinski definition) is 1. The Labute approximate surface area is 152 Å². The average Bonchev–Trinajstić information content (AvgIpc) is 3.05. The van der Waals surface area contributed by atoms with Crippen LogP contribution in [0.25, 0.3) is 0 Å². The monoisotopic (exact) mass is 359 g/mol. The van der Waals surface area contributed by atoms with Crippen molar-refractivity contribution in [3.63, 3.8) is 0 Å². The molecular weight excluding hydrogens is 334 g/mol. The third kappa shape index (κ3) is 5.29. The van der Waals surface area contributed by atoms with Crippen molar-refractivity contribution < 1.29 is 4.79 Å². The lowest BCUT2D eigenvalue weighted by molar-refractivity contribution is 0.0956. The SMILES string of the molecule is Cc1nnnn1Cc1ccc(C(=O)NCCSC2CCCCC2)cc1. The van der Waals surface area contributed by atoms with Crippen LogP contribution in [-0.2, 0) is 6.54 Å². The molecule has 0 aliphatic heterocycles. The van der Waals surface area contributed by atoms with E-state index in [9.17, 15) is 4.79 Å². The Kier molecular flexibility index (Phi) is 6.44. The van der Waals surface area contributed by atoms with Crippen LogP contribution < -0.4 is 5.32 Å². The topological polar surface area (TPSA) is 72.7 Å². The van der Waals surface area contributed by atoms with Crippen LogP contribution in [0.4, 0.5) is 0 Å². The molecule has 7 heteroatoms. The van der Waals surface area contributed by atoms with Crippen molar-refractivity contribution in [3.8, 4) is 0 Å². The molecule has 0 atom stereocenters. The first-order valence-corrected chi connectivity index (χ1v) is 9.99. The van der Waals surface area contributed by atoms with Gasteiger partial charge in [-0.15, -0.1) is 5.10 Å². The molecule has 1 aromatic heterocycles. The Morgan fingerprint density at radius 1 is 1.24 bits per heavy atom. The molecule has 0 bridgehead atoms. The maximum atomic E-state index is 12.2. The molecule has 1 aromatic carbocycles. The molecule has 1 amide bonds. The quantitative estimate of drug-likeness (QED) is 0.770. The molecule has 0 unspecified atom stereocenters. The number of tetrazole rings is 1. The third-order valence-electron chi connectivity index (χ3n) is 4.55. The summed E-state index contributed by atoms with van der Waals surface area (Å²) in [6, 6.07) is 7.62. The summed E-state index contributed by atoms with van der Waals surface area (Å²) in [7, 11) is 0. The summed E-state index contributed by atoms with van der Waals surface area (Å²) in [5, 5.41) is 15.2. The van der Waals surface area contributed by atoms with Gasteiger partial charge in [-0.2, -0.15) is 11.8 Å². The second kappa shape index (κ2) is 8.99. The maximum Gasteiger partial charge on any atom is 0.251 e. The fraction of sp³-hybridized carbons (Fsp3) is 0.556. The number of carbonyl (C=O) groups excluding carboxylic acids is 1. The molecule has 1 saturated carbocycles. The molecule has 6 nitrogen and oxygen atoms in total. The molecule has 3 rings (SSSR count). The minimum absolute atomic E-state index is 0.00519. The first-order valence-electron chi connectivity index (χ1n) is 8.94. The third-order valence-corrected chi connectivity index (χ3v) is 5.94. The van der Waals surface area contributed by atoms with Crippen molar-refractivity contribution in [1.29, 1.82) is 0 Å². The molecule has 134 valence electrons. The molecule has 1 aliphatic rings. The van der Waals surface area contributed by atoms with E-state index in [-0.39, 0.29) is 5.91 Å². The van der Waals surface area contributed by atoms with Crippen LogP contribution in [0, 0.1) is 6.92 Å². The number of nitrogens with zero attached hydrogens (tertiary/aromatic N) is 4. The standard InChI is InChI=1S/C18H25N5OS/c1-14-20-21-22-23(14)13-15-7-9-16(10-8-15)18(24)19-11-12-25-17-5-3-2-4-6-17/h7-10,17H,2-6,11-13H2,1H3,(H,19,24). The normalized spacial score (nSPS) is 15.2. The van der Waals surface area contributed by atoms with Crippen molar-refractivity contribution in [2.75, 3.05) is 12.3 Å².